The van der Waals surface area contributed by atoms with Crippen LogP contribution in [0.15, 0.2) is 4.99 Å². The van der Waals surface area contributed by atoms with E-state index in [-0.39, 0.29) is 0 Å². The van der Waals surface area contributed by atoms with Crippen molar-refractivity contribution in [3.63, 3.8) is 0 Å². The molecule has 4 nitrogen and oxygen atoms in total. The molecule has 2 aliphatic heterocycles. The van der Waals surface area contributed by atoms with E-state index >= 15 is 0 Å². The summed E-state index contributed by atoms with van der Waals surface area (Å²) >= 11 is 0. The number of ether oxygens (including phenoxy) is 1. The quantitative estimate of drug-likeness (QED) is 0.639. The molecule has 2 aliphatic rings. The van der Waals surface area contributed by atoms with Gasteiger partial charge in [-0.05, 0) is 6.42 Å². The molecule has 0 aromatic heterocycles. The Kier molecular flexibility index (Phi) is 3.16. The van der Waals surface area contributed by atoms with Crippen molar-refractivity contribution in [2.45, 2.75) is 6.42 Å². The lowest BCUT2D eigenvalue weighted by atomic mass is 10.3. The fraction of sp³-hybridized carbons (Fsp3) is 0.889. The molecule has 4 heteroatoms. The molecule has 0 spiro atoms. The molecule has 0 aliphatic carbocycles. The molecule has 1 saturated heterocycles. The van der Waals surface area contributed by atoms with Gasteiger partial charge in [0.25, 0.3) is 0 Å². The second kappa shape index (κ2) is 4.58. The van der Waals surface area contributed by atoms with Crippen LogP contribution in [0.25, 0.3) is 0 Å². The fourth-order valence-electron chi connectivity index (χ4n) is 1.66. The Balaban J connectivity index is 1.78. The first kappa shape index (κ1) is 8.97. The molecule has 0 radical (unpaired) electrons. The van der Waals surface area contributed by atoms with Gasteiger partial charge in [0.15, 0.2) is 0 Å². The number of nitrogens with zero attached hydrogens (tertiary/aromatic N) is 2. The van der Waals surface area contributed by atoms with E-state index in [1.54, 1.807) is 0 Å². The topological polar surface area (TPSA) is 36.9 Å². The zero-order valence-corrected chi connectivity index (χ0v) is 7.96. The van der Waals surface area contributed by atoms with Gasteiger partial charge in [0.1, 0.15) is 5.84 Å². The van der Waals surface area contributed by atoms with Gasteiger partial charge in [-0.3, -0.25) is 9.89 Å². The minimum absolute atomic E-state index is 0.868. The highest BCUT2D eigenvalue weighted by Gasteiger charge is 2.13. The van der Waals surface area contributed by atoms with Crippen LogP contribution in [0.5, 0.6) is 0 Å². The Labute approximate surface area is 79.0 Å². The molecule has 1 fully saturated rings. The third kappa shape index (κ3) is 2.67. The summed E-state index contributed by atoms with van der Waals surface area (Å²) in [5.41, 5.74) is 0. The standard InChI is InChI=1S/C9H17N3O/c1-2-10-9(11-3-1)8-12-4-6-13-7-5-12/h1-8H2,(H,10,11). The normalized spacial score (nSPS) is 25.1. The smallest absolute Gasteiger partial charge is 0.111 e. The minimum atomic E-state index is 0.868. The van der Waals surface area contributed by atoms with E-state index in [2.05, 4.69) is 15.2 Å². The average molecular weight is 183 g/mol. The molecule has 2 rings (SSSR count). The highest BCUT2D eigenvalue weighted by Crippen LogP contribution is 1.98. The summed E-state index contributed by atoms with van der Waals surface area (Å²) in [6.07, 6.45) is 1.17. The van der Waals surface area contributed by atoms with Crippen LogP contribution >= 0.6 is 0 Å². The first-order valence-corrected chi connectivity index (χ1v) is 5.02. The second-order valence-corrected chi connectivity index (χ2v) is 3.50. The van der Waals surface area contributed by atoms with Crippen LogP contribution in [0.4, 0.5) is 0 Å². The molecule has 1 N–H and O–H groups in total. The zero-order valence-electron chi connectivity index (χ0n) is 7.96. The van der Waals surface area contributed by atoms with Crippen LogP contribution in [0.3, 0.4) is 0 Å². The average Bonchev–Trinajstić information content (AvgIpc) is 2.21. The Morgan fingerprint density at radius 2 is 2.23 bits per heavy atom. The number of hydrogen-bond acceptors (Lipinski definition) is 4. The van der Waals surface area contributed by atoms with Crippen molar-refractivity contribution in [2.75, 3.05) is 45.9 Å². The Hall–Kier alpha value is -0.610. The van der Waals surface area contributed by atoms with Crippen LogP contribution in [-0.4, -0.2) is 56.7 Å². The van der Waals surface area contributed by atoms with E-state index in [4.69, 9.17) is 4.74 Å². The lowest BCUT2D eigenvalue weighted by Crippen LogP contribution is -2.44. The maximum atomic E-state index is 5.29. The Morgan fingerprint density at radius 3 is 2.92 bits per heavy atom. The first-order valence-electron chi connectivity index (χ1n) is 5.02. The molecule has 0 aromatic rings. The summed E-state index contributed by atoms with van der Waals surface area (Å²) < 4.78 is 5.29. The predicted molar refractivity (Wildman–Crippen MR) is 52.2 cm³/mol. The SMILES string of the molecule is C1CN=C(CN2CCOCC2)NC1. The van der Waals surface area contributed by atoms with Crippen LogP contribution in [0.1, 0.15) is 6.42 Å². The van der Waals surface area contributed by atoms with E-state index in [0.29, 0.717) is 0 Å². The zero-order chi connectivity index (χ0) is 8.93. The number of nitrogens with one attached hydrogen (secondary N) is 1. The molecule has 0 unspecified atom stereocenters. The van der Waals surface area contributed by atoms with Gasteiger partial charge in [-0.2, -0.15) is 0 Å². The molecule has 0 amide bonds. The molecule has 0 bridgehead atoms. The molecular formula is C9H17N3O. The fourth-order valence-corrected chi connectivity index (χ4v) is 1.66. The lowest BCUT2D eigenvalue weighted by Gasteiger charge is -2.28. The number of hydrogen-bond donors (Lipinski definition) is 1. The predicted octanol–water partition coefficient (Wildman–Crippen LogP) is -0.290. The summed E-state index contributed by atoms with van der Waals surface area (Å²) in [7, 11) is 0. The van der Waals surface area contributed by atoms with Gasteiger partial charge in [-0.25, -0.2) is 0 Å². The highest BCUT2D eigenvalue weighted by molar-refractivity contribution is 5.84. The number of rotatable bonds is 2. The molecular weight excluding hydrogens is 166 g/mol. The molecule has 2 heterocycles. The van der Waals surface area contributed by atoms with Gasteiger partial charge >= 0.3 is 0 Å². The summed E-state index contributed by atoms with van der Waals surface area (Å²) in [5, 5.41) is 3.33. The maximum absolute atomic E-state index is 5.29. The summed E-state index contributed by atoms with van der Waals surface area (Å²) in [5.74, 6) is 1.16. The van der Waals surface area contributed by atoms with Gasteiger partial charge < -0.3 is 10.1 Å². The highest BCUT2D eigenvalue weighted by atomic mass is 16.5. The largest absolute Gasteiger partial charge is 0.379 e. The van der Waals surface area contributed by atoms with Crippen molar-refractivity contribution in [2.24, 2.45) is 4.99 Å². The van der Waals surface area contributed by atoms with Crippen LogP contribution < -0.4 is 5.32 Å². The van der Waals surface area contributed by atoms with Gasteiger partial charge in [-0.1, -0.05) is 0 Å². The Bertz CT molecular complexity index is 187. The van der Waals surface area contributed by atoms with Gasteiger partial charge in [0.05, 0.1) is 19.8 Å². The van der Waals surface area contributed by atoms with Crippen molar-refractivity contribution in [1.29, 1.82) is 0 Å². The van der Waals surface area contributed by atoms with Crippen LogP contribution in [0, 0.1) is 0 Å². The number of morpholine rings is 1. The van der Waals surface area contributed by atoms with E-state index in [9.17, 15) is 0 Å². The van der Waals surface area contributed by atoms with E-state index in [1.807, 2.05) is 0 Å². The van der Waals surface area contributed by atoms with Crippen LogP contribution in [0.2, 0.25) is 0 Å². The molecule has 0 atom stereocenters. The first-order chi connectivity index (χ1) is 6.45. The van der Waals surface area contributed by atoms with Gasteiger partial charge in [-0.15, -0.1) is 0 Å². The van der Waals surface area contributed by atoms with Crippen molar-refractivity contribution in [1.82, 2.24) is 10.2 Å². The lowest BCUT2D eigenvalue weighted by molar-refractivity contribution is 0.0449. The van der Waals surface area contributed by atoms with Crippen LogP contribution in [-0.2, 0) is 4.74 Å². The monoisotopic (exact) mass is 183 g/mol. The van der Waals surface area contributed by atoms with E-state index in [1.165, 1.54) is 6.42 Å². The molecule has 0 saturated carbocycles. The molecule has 0 aromatic carbocycles. The van der Waals surface area contributed by atoms with Crippen molar-refractivity contribution >= 4 is 5.84 Å². The number of aliphatic imine (C=N–C) groups is 1. The second-order valence-electron chi connectivity index (χ2n) is 3.50. The summed E-state index contributed by atoms with van der Waals surface area (Å²) in [6.45, 7) is 6.88. The third-order valence-electron chi connectivity index (χ3n) is 2.44. The minimum Gasteiger partial charge on any atom is -0.379 e. The van der Waals surface area contributed by atoms with E-state index < -0.39 is 0 Å². The summed E-state index contributed by atoms with van der Waals surface area (Å²) in [6, 6.07) is 0. The van der Waals surface area contributed by atoms with E-state index in [0.717, 1.165) is 51.8 Å². The third-order valence-corrected chi connectivity index (χ3v) is 2.44. The van der Waals surface area contributed by atoms with Crippen molar-refractivity contribution < 1.29 is 4.74 Å². The van der Waals surface area contributed by atoms with Gasteiger partial charge in [0.2, 0.25) is 0 Å². The van der Waals surface area contributed by atoms with Crippen molar-refractivity contribution in [3.8, 4) is 0 Å². The summed E-state index contributed by atoms with van der Waals surface area (Å²) in [4.78, 5) is 6.84. The number of amidine groups is 1. The van der Waals surface area contributed by atoms with Gasteiger partial charge in [0, 0.05) is 26.2 Å². The maximum Gasteiger partial charge on any atom is 0.111 e. The molecule has 13 heavy (non-hydrogen) atoms. The van der Waals surface area contributed by atoms with Crippen molar-refractivity contribution in [3.05, 3.63) is 0 Å². The molecule has 74 valence electrons. The Morgan fingerprint density at radius 1 is 1.38 bits per heavy atom.